The van der Waals surface area contributed by atoms with Crippen molar-refractivity contribution in [1.82, 2.24) is 4.57 Å². The molecule has 1 amide bonds. The molecule has 0 saturated heterocycles. The largest absolute Gasteiger partial charge is 0.324 e. The Kier molecular flexibility index (Phi) is 6.54. The fourth-order valence-electron chi connectivity index (χ4n) is 3.53. The molecule has 0 saturated carbocycles. The van der Waals surface area contributed by atoms with Crippen molar-refractivity contribution in [3.63, 3.8) is 0 Å². The molecule has 4 aromatic rings. The van der Waals surface area contributed by atoms with E-state index in [-0.39, 0.29) is 9.77 Å². The number of hydrogen-bond donors (Lipinski definition) is 1. The monoisotopic (exact) mass is 499 g/mol. The first-order chi connectivity index (χ1) is 16.2. The van der Waals surface area contributed by atoms with Gasteiger partial charge in [0.1, 0.15) is 12.4 Å². The Hall–Kier alpha value is -3.50. The molecule has 3 aromatic carbocycles. The molecule has 0 spiro atoms. The number of carbonyl (C=O) groups excluding carboxylic acids is 1. The number of aryl methyl sites for hydroxylation is 2. The van der Waals surface area contributed by atoms with Crippen LogP contribution in [0, 0.1) is 12.7 Å². The van der Waals surface area contributed by atoms with Gasteiger partial charge in [0.05, 0.1) is 20.8 Å². The number of rotatable bonds is 7. The second kappa shape index (κ2) is 9.40. The van der Waals surface area contributed by atoms with Crippen LogP contribution >= 0.6 is 11.3 Å². The van der Waals surface area contributed by atoms with Gasteiger partial charge in [0.15, 0.2) is 0 Å². The van der Waals surface area contributed by atoms with Gasteiger partial charge in [-0.2, -0.15) is 0 Å². The lowest BCUT2D eigenvalue weighted by atomic mass is 10.2. The van der Waals surface area contributed by atoms with E-state index < -0.39 is 28.3 Å². The second-order valence-corrected chi connectivity index (χ2v) is 10.5. The van der Waals surface area contributed by atoms with E-state index in [4.69, 9.17) is 0 Å². The molecule has 0 aliphatic heterocycles. The zero-order valence-electron chi connectivity index (χ0n) is 18.5. The van der Waals surface area contributed by atoms with Crippen molar-refractivity contribution >= 4 is 48.9 Å². The van der Waals surface area contributed by atoms with Crippen molar-refractivity contribution in [3.05, 3.63) is 87.8 Å². The number of sulfonamides is 1. The second-order valence-electron chi connectivity index (χ2n) is 7.64. The molecular formula is C24H22FN3O4S2. The molecule has 1 heterocycles. The van der Waals surface area contributed by atoms with Crippen molar-refractivity contribution in [3.8, 4) is 0 Å². The summed E-state index contributed by atoms with van der Waals surface area (Å²) in [5.74, 6) is -1.12. The highest BCUT2D eigenvalue weighted by molar-refractivity contribution is 7.92. The molecule has 0 bridgehead atoms. The van der Waals surface area contributed by atoms with E-state index in [0.29, 0.717) is 17.9 Å². The first-order valence-electron chi connectivity index (χ1n) is 10.5. The molecular weight excluding hydrogens is 477 g/mol. The molecule has 0 radical (unpaired) electrons. The van der Waals surface area contributed by atoms with Crippen LogP contribution in [-0.4, -0.2) is 25.4 Å². The minimum Gasteiger partial charge on any atom is -0.324 e. The van der Waals surface area contributed by atoms with E-state index in [2.05, 4.69) is 5.32 Å². The minimum absolute atomic E-state index is 0.0862. The number of anilines is 2. The summed E-state index contributed by atoms with van der Waals surface area (Å²) in [5, 5.41) is 2.72. The van der Waals surface area contributed by atoms with Crippen molar-refractivity contribution in [1.29, 1.82) is 0 Å². The van der Waals surface area contributed by atoms with Crippen LogP contribution in [-0.2, 0) is 21.4 Å². The lowest BCUT2D eigenvalue weighted by Gasteiger charge is -2.24. The Labute approximate surface area is 200 Å². The fourth-order valence-corrected chi connectivity index (χ4v) is 5.95. The van der Waals surface area contributed by atoms with Crippen molar-refractivity contribution in [2.45, 2.75) is 25.3 Å². The molecule has 176 valence electrons. The van der Waals surface area contributed by atoms with Crippen LogP contribution in [0.3, 0.4) is 0 Å². The molecule has 0 unspecified atom stereocenters. The van der Waals surface area contributed by atoms with E-state index in [0.717, 1.165) is 55.7 Å². The quantitative estimate of drug-likeness (QED) is 0.409. The number of aromatic nitrogens is 1. The number of fused-ring (bicyclic) bond motifs is 1. The molecule has 34 heavy (non-hydrogen) atoms. The SMILES string of the molecule is CCn1c(=O)sc2cc(NC(=O)CN(c3ccc(C)cc3)S(=O)(=O)c3ccc(F)cc3)ccc21. The van der Waals surface area contributed by atoms with Crippen molar-refractivity contribution in [2.24, 2.45) is 0 Å². The summed E-state index contributed by atoms with van der Waals surface area (Å²) in [6, 6.07) is 16.3. The number of nitrogens with zero attached hydrogens (tertiary/aromatic N) is 2. The number of amides is 1. The molecule has 10 heteroatoms. The lowest BCUT2D eigenvalue weighted by Crippen LogP contribution is -2.38. The summed E-state index contributed by atoms with van der Waals surface area (Å²) < 4.78 is 43.4. The maximum absolute atomic E-state index is 13.4. The van der Waals surface area contributed by atoms with E-state index >= 15 is 0 Å². The van der Waals surface area contributed by atoms with Crippen LogP contribution in [0.2, 0.25) is 0 Å². The summed E-state index contributed by atoms with van der Waals surface area (Å²) in [6.45, 7) is 3.79. The number of nitrogens with one attached hydrogen (secondary N) is 1. The predicted molar refractivity (Wildman–Crippen MR) is 132 cm³/mol. The van der Waals surface area contributed by atoms with Gasteiger partial charge in [-0.25, -0.2) is 12.8 Å². The van der Waals surface area contributed by atoms with E-state index in [9.17, 15) is 22.4 Å². The Morgan fingerprint density at radius 1 is 1.06 bits per heavy atom. The zero-order valence-corrected chi connectivity index (χ0v) is 20.1. The summed E-state index contributed by atoms with van der Waals surface area (Å²) in [4.78, 5) is 24.8. The molecule has 0 aliphatic rings. The van der Waals surface area contributed by atoms with Crippen LogP contribution in [0.4, 0.5) is 15.8 Å². The highest BCUT2D eigenvalue weighted by Crippen LogP contribution is 2.25. The number of thiazole rings is 1. The van der Waals surface area contributed by atoms with Gasteiger partial charge in [0, 0.05) is 12.2 Å². The van der Waals surface area contributed by atoms with Gasteiger partial charge in [-0.15, -0.1) is 0 Å². The van der Waals surface area contributed by atoms with Crippen molar-refractivity contribution < 1.29 is 17.6 Å². The van der Waals surface area contributed by atoms with Gasteiger partial charge in [-0.05, 0) is 68.4 Å². The Morgan fingerprint density at radius 2 is 1.74 bits per heavy atom. The number of hydrogen-bond acceptors (Lipinski definition) is 5. The third kappa shape index (κ3) is 4.73. The van der Waals surface area contributed by atoms with Crippen LogP contribution < -0.4 is 14.5 Å². The molecule has 7 nitrogen and oxygen atoms in total. The first kappa shape index (κ1) is 23.7. The highest BCUT2D eigenvalue weighted by atomic mass is 32.2. The maximum Gasteiger partial charge on any atom is 0.308 e. The summed E-state index contributed by atoms with van der Waals surface area (Å²) >= 11 is 1.08. The van der Waals surface area contributed by atoms with Gasteiger partial charge < -0.3 is 5.32 Å². The minimum atomic E-state index is -4.15. The van der Waals surface area contributed by atoms with Gasteiger partial charge in [-0.3, -0.25) is 18.5 Å². The highest BCUT2D eigenvalue weighted by Gasteiger charge is 2.27. The average molecular weight is 500 g/mol. The average Bonchev–Trinajstić information content (AvgIpc) is 3.12. The number of carbonyl (C=O) groups is 1. The third-order valence-corrected chi connectivity index (χ3v) is 8.01. The molecule has 1 N–H and O–H groups in total. The van der Waals surface area contributed by atoms with E-state index in [1.807, 2.05) is 13.8 Å². The van der Waals surface area contributed by atoms with E-state index in [1.165, 1.54) is 0 Å². The van der Waals surface area contributed by atoms with Gasteiger partial charge in [0.2, 0.25) is 5.91 Å². The van der Waals surface area contributed by atoms with Crippen LogP contribution in [0.1, 0.15) is 12.5 Å². The first-order valence-corrected chi connectivity index (χ1v) is 12.7. The fraction of sp³-hybridized carbons (Fsp3) is 0.167. The summed E-state index contributed by atoms with van der Waals surface area (Å²) in [7, 11) is -4.15. The maximum atomic E-state index is 13.4. The van der Waals surface area contributed by atoms with Crippen LogP contribution in [0.25, 0.3) is 10.2 Å². The smallest absolute Gasteiger partial charge is 0.308 e. The van der Waals surface area contributed by atoms with Gasteiger partial charge >= 0.3 is 4.87 Å². The molecule has 4 rings (SSSR count). The molecule has 0 fully saturated rings. The zero-order chi connectivity index (χ0) is 24.5. The lowest BCUT2D eigenvalue weighted by molar-refractivity contribution is -0.114. The van der Waals surface area contributed by atoms with E-state index in [1.54, 1.807) is 47.0 Å². The predicted octanol–water partition coefficient (Wildman–Crippen LogP) is 4.36. The molecule has 0 aliphatic carbocycles. The summed E-state index contributed by atoms with van der Waals surface area (Å²) in [5.41, 5.74) is 2.46. The van der Waals surface area contributed by atoms with Gasteiger partial charge in [0.25, 0.3) is 10.0 Å². The number of halogens is 1. The Balaban J connectivity index is 1.64. The van der Waals surface area contributed by atoms with Crippen molar-refractivity contribution in [2.75, 3.05) is 16.2 Å². The number of benzene rings is 3. The Bertz CT molecular complexity index is 1510. The summed E-state index contributed by atoms with van der Waals surface area (Å²) in [6.07, 6.45) is 0. The normalized spacial score (nSPS) is 11.5. The Morgan fingerprint density at radius 3 is 2.38 bits per heavy atom. The topological polar surface area (TPSA) is 88.5 Å². The molecule has 1 aromatic heterocycles. The third-order valence-electron chi connectivity index (χ3n) is 5.28. The van der Waals surface area contributed by atoms with Crippen LogP contribution in [0.5, 0.6) is 0 Å². The molecule has 0 atom stereocenters. The van der Waals surface area contributed by atoms with Gasteiger partial charge in [-0.1, -0.05) is 29.0 Å². The van der Waals surface area contributed by atoms with Crippen LogP contribution in [0.15, 0.2) is 76.4 Å². The standard InChI is InChI=1S/C24H22FN3O4S2/c1-3-27-21-13-8-18(14-22(21)33-24(27)30)26-23(29)15-28(19-9-4-16(2)5-10-19)34(31,32)20-11-6-17(25)7-12-20/h4-14H,3,15H2,1-2H3,(H,26,29).